The Hall–Kier alpha value is -2.08. The van der Waals surface area contributed by atoms with Crippen molar-refractivity contribution >= 4 is 12.0 Å². The summed E-state index contributed by atoms with van der Waals surface area (Å²) in [6.45, 7) is 3.44. The lowest BCUT2D eigenvalue weighted by atomic mass is 10.1. The number of ether oxygens (including phenoxy) is 1. The predicted octanol–water partition coefficient (Wildman–Crippen LogP) is 2.72. The molecule has 0 radical (unpaired) electrons. The Kier molecular flexibility index (Phi) is 4.96. The highest BCUT2D eigenvalue weighted by Crippen LogP contribution is 2.09. The van der Waals surface area contributed by atoms with Crippen molar-refractivity contribution in [2.75, 3.05) is 6.61 Å². The summed E-state index contributed by atoms with van der Waals surface area (Å²) in [7, 11) is 0. The van der Waals surface area contributed by atoms with Crippen LogP contribution in [0.15, 0.2) is 29.8 Å². The number of hydrogen-bond donors (Lipinski definition) is 0. The molecule has 1 rings (SSSR count). The molecule has 1 aromatic carbocycles. The van der Waals surface area contributed by atoms with Gasteiger partial charge in [0.25, 0.3) is 0 Å². The molecule has 0 aromatic heterocycles. The van der Waals surface area contributed by atoms with Gasteiger partial charge in [0, 0.05) is 6.92 Å². The molecule has 0 aliphatic carbocycles. The average molecular weight is 229 g/mol. The number of nitrogens with zero attached hydrogens (tertiary/aromatic N) is 1. The van der Waals surface area contributed by atoms with Crippen LogP contribution in [-0.2, 0) is 16.0 Å². The first-order chi connectivity index (χ1) is 8.15. The molecule has 1 aromatic rings. The highest BCUT2D eigenvalue weighted by atomic mass is 16.5. The standard InChI is InChI=1S/C14H15NO2/c1-3-12-4-6-13(7-5-12)8-14(9-15)10-17-11(2)16/h4-8H,3,10H2,1-2H3/b14-8+. The molecule has 0 atom stereocenters. The normalized spacial score (nSPS) is 10.8. The third kappa shape index (κ3) is 4.52. The first-order valence-electron chi connectivity index (χ1n) is 5.48. The second-order valence-electron chi connectivity index (χ2n) is 3.66. The zero-order valence-electron chi connectivity index (χ0n) is 10.1. The monoisotopic (exact) mass is 229 g/mol. The first-order valence-corrected chi connectivity index (χ1v) is 5.48. The molecule has 0 bridgehead atoms. The number of carbonyl (C=O) groups excluding carboxylic acids is 1. The molecule has 0 aliphatic rings. The van der Waals surface area contributed by atoms with Gasteiger partial charge in [-0.25, -0.2) is 0 Å². The maximum Gasteiger partial charge on any atom is 0.302 e. The molecule has 0 saturated heterocycles. The lowest BCUT2D eigenvalue weighted by Crippen LogP contribution is -2.02. The van der Waals surface area contributed by atoms with Crippen LogP contribution >= 0.6 is 0 Å². The molecule has 0 saturated carbocycles. The van der Waals surface area contributed by atoms with Gasteiger partial charge < -0.3 is 4.74 Å². The zero-order chi connectivity index (χ0) is 12.7. The van der Waals surface area contributed by atoms with E-state index in [1.54, 1.807) is 6.08 Å². The van der Waals surface area contributed by atoms with Crippen molar-refractivity contribution in [1.82, 2.24) is 0 Å². The third-order valence-corrected chi connectivity index (χ3v) is 2.30. The third-order valence-electron chi connectivity index (χ3n) is 2.30. The minimum Gasteiger partial charge on any atom is -0.460 e. The van der Waals surface area contributed by atoms with Crippen LogP contribution in [0.5, 0.6) is 0 Å². The number of carbonyl (C=O) groups is 1. The molecule has 0 unspecified atom stereocenters. The molecule has 3 heteroatoms. The Morgan fingerprint density at radius 3 is 2.53 bits per heavy atom. The lowest BCUT2D eigenvalue weighted by Gasteiger charge is -2.01. The summed E-state index contributed by atoms with van der Waals surface area (Å²) in [5, 5.41) is 8.89. The van der Waals surface area contributed by atoms with Crippen LogP contribution < -0.4 is 0 Å². The van der Waals surface area contributed by atoms with E-state index in [4.69, 9.17) is 10.00 Å². The molecular formula is C14H15NO2. The fourth-order valence-electron chi connectivity index (χ4n) is 1.34. The molecule has 0 amide bonds. The second kappa shape index (κ2) is 6.49. The van der Waals surface area contributed by atoms with E-state index in [0.29, 0.717) is 5.57 Å². The van der Waals surface area contributed by atoms with Gasteiger partial charge in [0.05, 0.1) is 11.6 Å². The Labute approximate surface area is 101 Å². The quantitative estimate of drug-likeness (QED) is 0.589. The molecule has 88 valence electrons. The fourth-order valence-corrected chi connectivity index (χ4v) is 1.34. The van der Waals surface area contributed by atoms with E-state index >= 15 is 0 Å². The van der Waals surface area contributed by atoms with Crippen LogP contribution in [0.2, 0.25) is 0 Å². The molecule has 3 nitrogen and oxygen atoms in total. The predicted molar refractivity (Wildman–Crippen MR) is 66.0 cm³/mol. The Balaban J connectivity index is 2.76. The van der Waals surface area contributed by atoms with Gasteiger partial charge in [-0.15, -0.1) is 0 Å². The van der Waals surface area contributed by atoms with Crippen LogP contribution in [0, 0.1) is 11.3 Å². The molecule has 0 N–H and O–H groups in total. The number of rotatable bonds is 4. The molecular weight excluding hydrogens is 214 g/mol. The number of nitriles is 1. The van der Waals surface area contributed by atoms with Crippen molar-refractivity contribution in [2.45, 2.75) is 20.3 Å². The molecule has 17 heavy (non-hydrogen) atoms. The van der Waals surface area contributed by atoms with Crippen LogP contribution in [0.1, 0.15) is 25.0 Å². The average Bonchev–Trinajstić information content (AvgIpc) is 2.35. The van der Waals surface area contributed by atoms with Crippen LogP contribution in [0.3, 0.4) is 0 Å². The van der Waals surface area contributed by atoms with Crippen molar-refractivity contribution in [1.29, 1.82) is 5.26 Å². The van der Waals surface area contributed by atoms with E-state index in [2.05, 4.69) is 6.92 Å². The van der Waals surface area contributed by atoms with Gasteiger partial charge in [-0.3, -0.25) is 4.79 Å². The summed E-state index contributed by atoms with van der Waals surface area (Å²) in [5.41, 5.74) is 2.62. The minimum atomic E-state index is -0.382. The van der Waals surface area contributed by atoms with Crippen LogP contribution in [0.25, 0.3) is 6.08 Å². The summed E-state index contributed by atoms with van der Waals surface area (Å²) < 4.78 is 4.78. The molecule has 0 spiro atoms. The highest BCUT2D eigenvalue weighted by molar-refractivity contribution is 5.67. The van der Waals surface area contributed by atoms with E-state index in [-0.39, 0.29) is 12.6 Å². The van der Waals surface area contributed by atoms with Gasteiger partial charge in [0.2, 0.25) is 0 Å². The summed E-state index contributed by atoms with van der Waals surface area (Å²) in [6, 6.07) is 9.96. The maximum absolute atomic E-state index is 10.6. The van der Waals surface area contributed by atoms with E-state index in [0.717, 1.165) is 12.0 Å². The van der Waals surface area contributed by atoms with Crippen molar-refractivity contribution in [2.24, 2.45) is 0 Å². The fraction of sp³-hybridized carbons (Fsp3) is 0.286. The number of benzene rings is 1. The Bertz CT molecular complexity index is 452. The Morgan fingerprint density at radius 1 is 1.41 bits per heavy atom. The largest absolute Gasteiger partial charge is 0.460 e. The number of hydrogen-bond acceptors (Lipinski definition) is 3. The second-order valence-corrected chi connectivity index (χ2v) is 3.66. The molecule has 0 fully saturated rings. The first kappa shape index (κ1) is 13.0. The van der Waals surface area contributed by atoms with E-state index in [1.807, 2.05) is 30.3 Å². The number of aryl methyl sites for hydroxylation is 1. The smallest absolute Gasteiger partial charge is 0.302 e. The summed E-state index contributed by atoms with van der Waals surface area (Å²) in [4.78, 5) is 10.6. The molecule has 0 heterocycles. The zero-order valence-corrected chi connectivity index (χ0v) is 10.1. The summed E-state index contributed by atoms with van der Waals surface area (Å²) in [5.74, 6) is -0.382. The van der Waals surface area contributed by atoms with E-state index in [9.17, 15) is 4.79 Å². The molecule has 0 aliphatic heterocycles. The van der Waals surface area contributed by atoms with E-state index in [1.165, 1.54) is 12.5 Å². The Morgan fingerprint density at radius 2 is 2.06 bits per heavy atom. The lowest BCUT2D eigenvalue weighted by molar-refractivity contribution is -0.139. The van der Waals surface area contributed by atoms with Crippen LogP contribution in [0.4, 0.5) is 0 Å². The maximum atomic E-state index is 10.6. The van der Waals surface area contributed by atoms with Crippen LogP contribution in [-0.4, -0.2) is 12.6 Å². The SMILES string of the molecule is CCc1ccc(/C=C(\C#N)COC(C)=O)cc1. The summed E-state index contributed by atoms with van der Waals surface area (Å²) >= 11 is 0. The van der Waals surface area contributed by atoms with Gasteiger partial charge in [0.15, 0.2) is 0 Å². The number of esters is 1. The van der Waals surface area contributed by atoms with Gasteiger partial charge in [-0.2, -0.15) is 5.26 Å². The van der Waals surface area contributed by atoms with Gasteiger partial charge in [-0.1, -0.05) is 31.2 Å². The van der Waals surface area contributed by atoms with E-state index < -0.39 is 0 Å². The van der Waals surface area contributed by atoms with Crippen molar-refractivity contribution in [3.8, 4) is 6.07 Å². The van der Waals surface area contributed by atoms with Gasteiger partial charge >= 0.3 is 5.97 Å². The van der Waals surface area contributed by atoms with Crippen molar-refractivity contribution < 1.29 is 9.53 Å². The topological polar surface area (TPSA) is 50.1 Å². The highest BCUT2D eigenvalue weighted by Gasteiger charge is 1.99. The van der Waals surface area contributed by atoms with Gasteiger partial charge in [-0.05, 0) is 23.6 Å². The summed E-state index contributed by atoms with van der Waals surface area (Å²) in [6.07, 6.45) is 2.71. The van der Waals surface area contributed by atoms with Crippen molar-refractivity contribution in [3.05, 3.63) is 41.0 Å². The van der Waals surface area contributed by atoms with Gasteiger partial charge in [0.1, 0.15) is 6.61 Å². The van der Waals surface area contributed by atoms with Crippen molar-refractivity contribution in [3.63, 3.8) is 0 Å². The minimum absolute atomic E-state index is 0.0291.